The first-order chi connectivity index (χ1) is 14.7. The van der Waals surface area contributed by atoms with Crippen molar-refractivity contribution in [3.63, 3.8) is 0 Å². The van der Waals surface area contributed by atoms with E-state index in [1.807, 2.05) is 85.8 Å². The van der Waals surface area contributed by atoms with Crippen LogP contribution in [-0.2, 0) is 0 Å². The first-order valence-corrected chi connectivity index (χ1v) is 9.46. The summed E-state index contributed by atoms with van der Waals surface area (Å²) < 4.78 is 5.94. The summed E-state index contributed by atoms with van der Waals surface area (Å²) in [5.74, 6) is 1.59. The molecule has 3 aromatic carbocycles. The quantitative estimate of drug-likeness (QED) is 0.445. The molecule has 1 aromatic heterocycles. The molecule has 0 aliphatic heterocycles. The second kappa shape index (κ2) is 8.87. The van der Waals surface area contributed by atoms with Gasteiger partial charge in [0.15, 0.2) is 5.75 Å². The molecule has 148 valence electrons. The van der Waals surface area contributed by atoms with E-state index in [4.69, 9.17) is 4.74 Å². The zero-order chi connectivity index (χ0) is 20.8. The van der Waals surface area contributed by atoms with Gasteiger partial charge in [0.25, 0.3) is 5.91 Å². The average molecular weight is 396 g/mol. The van der Waals surface area contributed by atoms with Gasteiger partial charge in [0.2, 0.25) is 0 Å². The molecule has 1 heterocycles. The second-order valence-electron chi connectivity index (χ2n) is 6.64. The summed E-state index contributed by atoms with van der Waals surface area (Å²) in [5.41, 5.74) is 2.81. The van der Waals surface area contributed by atoms with Crippen LogP contribution in [0.15, 0.2) is 91.3 Å². The number of carbonyl (C=O) groups excluding carboxylic acids is 1. The van der Waals surface area contributed by atoms with E-state index in [9.17, 15) is 4.79 Å². The van der Waals surface area contributed by atoms with Gasteiger partial charge in [-0.15, -0.1) is 0 Å². The lowest BCUT2D eigenvalue weighted by atomic mass is 10.2. The van der Waals surface area contributed by atoms with Gasteiger partial charge < -0.3 is 15.4 Å². The summed E-state index contributed by atoms with van der Waals surface area (Å²) in [7, 11) is 0. The molecule has 0 unspecified atom stereocenters. The Morgan fingerprint density at radius 3 is 2.30 bits per heavy atom. The van der Waals surface area contributed by atoms with E-state index in [1.165, 1.54) is 12.4 Å². The van der Waals surface area contributed by atoms with Crippen LogP contribution in [0, 0.1) is 6.92 Å². The molecule has 0 aliphatic rings. The molecule has 0 bridgehead atoms. The number of hydrogen-bond donors (Lipinski definition) is 2. The van der Waals surface area contributed by atoms with E-state index in [0.29, 0.717) is 17.3 Å². The fraction of sp³-hybridized carbons (Fsp3) is 0.0417. The van der Waals surface area contributed by atoms with E-state index in [0.717, 1.165) is 17.0 Å². The van der Waals surface area contributed by atoms with Gasteiger partial charge in [0.1, 0.15) is 17.3 Å². The third-order valence-electron chi connectivity index (χ3n) is 4.31. The maximum absolute atomic E-state index is 12.4. The highest BCUT2D eigenvalue weighted by molar-refractivity contribution is 6.02. The van der Waals surface area contributed by atoms with E-state index in [2.05, 4.69) is 20.6 Å². The van der Waals surface area contributed by atoms with E-state index in [-0.39, 0.29) is 11.6 Å². The monoisotopic (exact) mass is 396 g/mol. The van der Waals surface area contributed by atoms with Crippen molar-refractivity contribution in [1.29, 1.82) is 0 Å². The molecule has 1 amide bonds. The molecule has 6 nitrogen and oxygen atoms in total. The molecule has 0 atom stereocenters. The SMILES string of the molecule is Cc1ccc(NC(=O)c2cnc(Nc3ccccc3Oc3ccccc3)cn2)cc1. The summed E-state index contributed by atoms with van der Waals surface area (Å²) in [6.07, 6.45) is 2.95. The molecular weight excluding hydrogens is 376 g/mol. The Bertz CT molecular complexity index is 1130. The molecule has 4 rings (SSSR count). The highest BCUT2D eigenvalue weighted by atomic mass is 16.5. The minimum atomic E-state index is -0.314. The smallest absolute Gasteiger partial charge is 0.275 e. The van der Waals surface area contributed by atoms with Gasteiger partial charge in [-0.05, 0) is 43.3 Å². The molecule has 0 saturated carbocycles. The van der Waals surface area contributed by atoms with Crippen molar-refractivity contribution < 1.29 is 9.53 Å². The Labute approximate surface area is 174 Å². The fourth-order valence-electron chi connectivity index (χ4n) is 2.75. The third kappa shape index (κ3) is 4.80. The van der Waals surface area contributed by atoms with Gasteiger partial charge in [-0.25, -0.2) is 9.97 Å². The van der Waals surface area contributed by atoms with Crippen molar-refractivity contribution in [1.82, 2.24) is 9.97 Å². The molecule has 30 heavy (non-hydrogen) atoms. The largest absolute Gasteiger partial charge is 0.455 e. The summed E-state index contributed by atoms with van der Waals surface area (Å²) in [6.45, 7) is 1.99. The molecule has 2 N–H and O–H groups in total. The number of anilines is 3. The van der Waals surface area contributed by atoms with Crippen LogP contribution in [0.3, 0.4) is 0 Å². The van der Waals surface area contributed by atoms with Crippen LogP contribution in [-0.4, -0.2) is 15.9 Å². The Balaban J connectivity index is 1.45. The summed E-state index contributed by atoms with van der Waals surface area (Å²) in [4.78, 5) is 20.9. The standard InChI is InChI=1S/C24H20N4O2/c1-17-11-13-18(14-12-17)27-24(29)21-15-26-23(16-25-21)28-20-9-5-6-10-22(20)30-19-7-3-2-4-8-19/h2-16H,1H3,(H,26,28)(H,27,29). The molecule has 0 saturated heterocycles. The van der Waals surface area contributed by atoms with Crippen LogP contribution in [0.4, 0.5) is 17.2 Å². The van der Waals surface area contributed by atoms with Gasteiger partial charge in [-0.3, -0.25) is 4.79 Å². The number of ether oxygens (including phenoxy) is 1. The first-order valence-electron chi connectivity index (χ1n) is 9.46. The molecular formula is C24H20N4O2. The van der Waals surface area contributed by atoms with Crippen LogP contribution < -0.4 is 15.4 Å². The minimum Gasteiger partial charge on any atom is -0.455 e. The maximum Gasteiger partial charge on any atom is 0.275 e. The van der Waals surface area contributed by atoms with Gasteiger partial charge in [-0.2, -0.15) is 0 Å². The minimum absolute atomic E-state index is 0.231. The number of carbonyl (C=O) groups is 1. The van der Waals surface area contributed by atoms with E-state index in [1.54, 1.807) is 0 Å². The van der Waals surface area contributed by atoms with E-state index >= 15 is 0 Å². The van der Waals surface area contributed by atoms with E-state index < -0.39 is 0 Å². The van der Waals surface area contributed by atoms with Crippen LogP contribution in [0.2, 0.25) is 0 Å². The lowest BCUT2D eigenvalue weighted by Crippen LogP contribution is -2.14. The summed E-state index contributed by atoms with van der Waals surface area (Å²) in [5, 5.41) is 5.99. The highest BCUT2D eigenvalue weighted by Gasteiger charge is 2.10. The fourth-order valence-corrected chi connectivity index (χ4v) is 2.75. The van der Waals surface area contributed by atoms with Crippen molar-refractivity contribution in [2.45, 2.75) is 6.92 Å². The normalized spacial score (nSPS) is 10.3. The number of nitrogens with one attached hydrogen (secondary N) is 2. The highest BCUT2D eigenvalue weighted by Crippen LogP contribution is 2.30. The predicted molar refractivity (Wildman–Crippen MR) is 117 cm³/mol. The Kier molecular flexibility index (Phi) is 5.66. The number of amides is 1. The average Bonchev–Trinajstić information content (AvgIpc) is 2.78. The Morgan fingerprint density at radius 1 is 0.833 bits per heavy atom. The number of aromatic nitrogens is 2. The van der Waals surface area contributed by atoms with Gasteiger partial charge in [-0.1, -0.05) is 48.0 Å². The lowest BCUT2D eigenvalue weighted by molar-refractivity contribution is 0.102. The number of benzene rings is 3. The number of para-hydroxylation sites is 3. The molecule has 0 radical (unpaired) electrons. The van der Waals surface area contributed by atoms with Crippen LogP contribution >= 0.6 is 0 Å². The summed E-state index contributed by atoms with van der Waals surface area (Å²) in [6, 6.07) is 24.6. The zero-order valence-corrected chi connectivity index (χ0v) is 16.4. The van der Waals surface area contributed by atoms with Gasteiger partial charge in [0.05, 0.1) is 18.1 Å². The molecule has 6 heteroatoms. The van der Waals surface area contributed by atoms with Crippen molar-refractivity contribution in [2.24, 2.45) is 0 Å². The molecule has 0 fully saturated rings. The topological polar surface area (TPSA) is 76.1 Å². The number of rotatable bonds is 6. The Hall–Kier alpha value is -4.19. The van der Waals surface area contributed by atoms with Crippen molar-refractivity contribution in [3.05, 3.63) is 103 Å². The Morgan fingerprint density at radius 2 is 1.57 bits per heavy atom. The maximum atomic E-state index is 12.4. The first kappa shape index (κ1) is 19.1. The number of nitrogens with zero attached hydrogens (tertiary/aromatic N) is 2. The van der Waals surface area contributed by atoms with Crippen molar-refractivity contribution in [2.75, 3.05) is 10.6 Å². The molecule has 0 aliphatic carbocycles. The summed E-state index contributed by atoms with van der Waals surface area (Å²) >= 11 is 0. The van der Waals surface area contributed by atoms with Crippen LogP contribution in [0.5, 0.6) is 11.5 Å². The zero-order valence-electron chi connectivity index (χ0n) is 16.4. The van der Waals surface area contributed by atoms with Gasteiger partial charge >= 0.3 is 0 Å². The molecule has 4 aromatic rings. The van der Waals surface area contributed by atoms with Crippen LogP contribution in [0.1, 0.15) is 16.1 Å². The molecule has 0 spiro atoms. The lowest BCUT2D eigenvalue weighted by Gasteiger charge is -2.12. The van der Waals surface area contributed by atoms with Crippen LogP contribution in [0.25, 0.3) is 0 Å². The van der Waals surface area contributed by atoms with Crippen molar-refractivity contribution in [3.8, 4) is 11.5 Å². The predicted octanol–water partition coefficient (Wildman–Crippen LogP) is 5.57. The number of aryl methyl sites for hydroxylation is 1. The van der Waals surface area contributed by atoms with Crippen molar-refractivity contribution >= 4 is 23.1 Å². The second-order valence-corrected chi connectivity index (χ2v) is 6.64. The number of hydrogen-bond acceptors (Lipinski definition) is 5. The third-order valence-corrected chi connectivity index (χ3v) is 4.31. The van der Waals surface area contributed by atoms with Gasteiger partial charge in [0, 0.05) is 5.69 Å².